The molecule has 0 aliphatic heterocycles. The fourth-order valence-electron chi connectivity index (χ4n) is 2.19. The largest absolute Gasteiger partial charge is 0.490 e. The van der Waals surface area contributed by atoms with Crippen LogP contribution in [0.15, 0.2) is 23.4 Å². The first-order valence-electron chi connectivity index (χ1n) is 8.09. The van der Waals surface area contributed by atoms with Crippen molar-refractivity contribution in [2.45, 2.75) is 5.03 Å². The maximum atomic E-state index is 11.9. The molecule has 0 saturated heterocycles. The van der Waals surface area contributed by atoms with Gasteiger partial charge in [-0.1, -0.05) is 11.8 Å². The van der Waals surface area contributed by atoms with Crippen molar-refractivity contribution < 1.29 is 14.6 Å². The van der Waals surface area contributed by atoms with Gasteiger partial charge in [0.1, 0.15) is 40.9 Å². The molecule has 2 heterocycles. The van der Waals surface area contributed by atoms with E-state index in [-0.39, 0.29) is 52.4 Å². The lowest BCUT2D eigenvalue weighted by molar-refractivity contribution is -0.125. The predicted octanol–water partition coefficient (Wildman–Crippen LogP) is 1.02. The third-order valence-corrected chi connectivity index (χ3v) is 4.56. The Labute approximate surface area is 166 Å². The van der Waals surface area contributed by atoms with Gasteiger partial charge >= 0.3 is 0 Å². The molecule has 0 atom stereocenters. The number of pyridine rings is 2. The smallest absolute Gasteiger partial charge is 0.232 e. The van der Waals surface area contributed by atoms with Crippen LogP contribution in [0.3, 0.4) is 0 Å². The molecule has 0 aromatic carbocycles. The Kier molecular flexibility index (Phi) is 7.15. The first-order valence-corrected chi connectivity index (χ1v) is 9.08. The molecule has 0 saturated carbocycles. The maximum absolute atomic E-state index is 11.9. The van der Waals surface area contributed by atoms with Gasteiger partial charge in [-0.25, -0.2) is 4.98 Å². The van der Waals surface area contributed by atoms with Gasteiger partial charge < -0.3 is 20.5 Å². The van der Waals surface area contributed by atoms with E-state index >= 15 is 0 Å². The molecule has 10 heteroatoms. The number of aromatic nitrogens is 2. The van der Waals surface area contributed by atoms with Crippen molar-refractivity contribution >= 4 is 23.5 Å². The Hall–Kier alpha value is -3.34. The van der Waals surface area contributed by atoms with Crippen LogP contribution < -0.4 is 10.5 Å². The summed E-state index contributed by atoms with van der Waals surface area (Å²) in [6.07, 6.45) is 1.42. The summed E-state index contributed by atoms with van der Waals surface area (Å²) >= 11 is 1.07. The molecule has 0 radical (unpaired) electrons. The van der Waals surface area contributed by atoms with Crippen molar-refractivity contribution in [2.24, 2.45) is 0 Å². The van der Waals surface area contributed by atoms with E-state index in [1.807, 2.05) is 12.1 Å². The average Bonchev–Trinajstić information content (AvgIpc) is 2.70. The second kappa shape index (κ2) is 9.55. The molecule has 0 spiro atoms. The number of carbonyl (C=O) groups is 1. The number of amides is 1. The highest BCUT2D eigenvalue weighted by Crippen LogP contribution is 2.35. The number of nitrogens with zero attached hydrogens (tertiary/aromatic N) is 5. The highest BCUT2D eigenvalue weighted by Gasteiger charge is 2.22. The Morgan fingerprint density at radius 3 is 2.57 bits per heavy atom. The number of nitrogen functional groups attached to an aromatic ring is 1. The number of hydrogen-bond acceptors (Lipinski definition) is 9. The number of aliphatic hydroxyl groups is 1. The molecule has 0 aliphatic carbocycles. The zero-order valence-electron chi connectivity index (χ0n) is 15.3. The Morgan fingerprint density at radius 1 is 1.32 bits per heavy atom. The molecule has 3 N–H and O–H groups in total. The minimum absolute atomic E-state index is 0.0383. The average molecular weight is 398 g/mol. The second-order valence-corrected chi connectivity index (χ2v) is 6.64. The van der Waals surface area contributed by atoms with Gasteiger partial charge in [-0.05, 0) is 12.1 Å². The van der Waals surface area contributed by atoms with Gasteiger partial charge in [-0.15, -0.1) is 0 Å². The zero-order valence-corrected chi connectivity index (χ0v) is 16.2. The molecule has 0 fully saturated rings. The molecule has 1 amide bonds. The topological polar surface area (TPSA) is 149 Å². The van der Waals surface area contributed by atoms with Crippen molar-refractivity contribution in [3.63, 3.8) is 0 Å². The zero-order chi connectivity index (χ0) is 20.7. The van der Waals surface area contributed by atoms with Crippen molar-refractivity contribution in [1.29, 1.82) is 10.5 Å². The predicted molar refractivity (Wildman–Crippen MR) is 103 cm³/mol. The molecular weight excluding hydrogens is 380 g/mol. The minimum Gasteiger partial charge on any atom is -0.490 e. The van der Waals surface area contributed by atoms with Gasteiger partial charge in [-0.2, -0.15) is 10.5 Å². The normalized spacial score (nSPS) is 10.0. The number of carbonyl (C=O) groups excluding carboxylic acids is 1. The third kappa shape index (κ3) is 4.68. The number of aliphatic hydroxyl groups excluding tert-OH is 1. The summed E-state index contributed by atoms with van der Waals surface area (Å²) in [5, 5.41) is 28.3. The van der Waals surface area contributed by atoms with Crippen molar-refractivity contribution in [1.82, 2.24) is 14.9 Å². The van der Waals surface area contributed by atoms with Crippen molar-refractivity contribution in [3.8, 4) is 29.1 Å². The van der Waals surface area contributed by atoms with Crippen LogP contribution in [0.5, 0.6) is 5.75 Å². The standard InChI is InChI=1S/C18H18N6O3S/c1-24(2)15(26)10-28-18-13(8-20)16(12(7-19)17(21)23-18)14-4-3-11(9-22-14)27-6-5-25/h3-4,9,25H,5-6,10H2,1-2H3,(H2,21,23). The summed E-state index contributed by atoms with van der Waals surface area (Å²) in [7, 11) is 3.26. The van der Waals surface area contributed by atoms with Gasteiger partial charge in [0.2, 0.25) is 5.91 Å². The van der Waals surface area contributed by atoms with Crippen LogP contribution in [0.1, 0.15) is 11.1 Å². The molecule has 2 rings (SSSR count). The summed E-state index contributed by atoms with van der Waals surface area (Å²) in [5.41, 5.74) is 6.69. The van der Waals surface area contributed by atoms with Crippen LogP contribution in [0.4, 0.5) is 5.82 Å². The van der Waals surface area contributed by atoms with Gasteiger partial charge in [0.15, 0.2) is 0 Å². The molecule has 0 bridgehead atoms. The molecular formula is C18H18N6O3S. The number of nitriles is 2. The van der Waals surface area contributed by atoms with E-state index < -0.39 is 0 Å². The lowest BCUT2D eigenvalue weighted by Gasteiger charge is -2.14. The van der Waals surface area contributed by atoms with Crippen molar-refractivity contribution in [3.05, 3.63) is 29.5 Å². The van der Waals surface area contributed by atoms with E-state index in [2.05, 4.69) is 9.97 Å². The molecule has 2 aromatic rings. The van der Waals surface area contributed by atoms with Gasteiger partial charge in [-0.3, -0.25) is 9.78 Å². The highest BCUT2D eigenvalue weighted by molar-refractivity contribution is 8.00. The molecule has 2 aromatic heterocycles. The number of ether oxygens (including phenoxy) is 1. The Morgan fingerprint density at radius 2 is 2.04 bits per heavy atom. The van der Waals surface area contributed by atoms with E-state index in [0.29, 0.717) is 11.4 Å². The lowest BCUT2D eigenvalue weighted by Crippen LogP contribution is -2.23. The van der Waals surface area contributed by atoms with Crippen LogP contribution in [0.2, 0.25) is 0 Å². The summed E-state index contributed by atoms with van der Waals surface area (Å²) in [4.78, 5) is 21.7. The Bertz CT molecular complexity index is 948. The van der Waals surface area contributed by atoms with Crippen LogP contribution in [-0.4, -0.2) is 58.9 Å². The first-order chi connectivity index (χ1) is 13.4. The van der Waals surface area contributed by atoms with Gasteiger partial charge in [0.05, 0.1) is 29.8 Å². The molecule has 144 valence electrons. The third-order valence-electron chi connectivity index (χ3n) is 3.60. The van der Waals surface area contributed by atoms with Crippen LogP contribution >= 0.6 is 11.8 Å². The van der Waals surface area contributed by atoms with Gasteiger partial charge in [0, 0.05) is 19.7 Å². The number of anilines is 1. The summed E-state index contributed by atoms with van der Waals surface area (Å²) in [6.45, 7) is -0.0110. The lowest BCUT2D eigenvalue weighted by atomic mass is 10.0. The van der Waals surface area contributed by atoms with Crippen LogP contribution in [0, 0.1) is 22.7 Å². The fraction of sp³-hybridized carbons (Fsp3) is 0.278. The summed E-state index contributed by atoms with van der Waals surface area (Å²) < 4.78 is 5.27. The quantitative estimate of drug-likeness (QED) is 0.652. The van der Waals surface area contributed by atoms with E-state index in [1.54, 1.807) is 26.2 Å². The number of nitrogens with two attached hydrogens (primary N) is 1. The van der Waals surface area contributed by atoms with E-state index in [9.17, 15) is 15.3 Å². The van der Waals surface area contributed by atoms with Crippen molar-refractivity contribution in [2.75, 3.05) is 38.8 Å². The Balaban J connectivity index is 2.51. The molecule has 0 aliphatic rings. The number of thioether (sulfide) groups is 1. The first kappa shape index (κ1) is 21.0. The monoisotopic (exact) mass is 398 g/mol. The molecule has 0 unspecified atom stereocenters. The van der Waals surface area contributed by atoms with E-state index in [0.717, 1.165) is 11.8 Å². The van der Waals surface area contributed by atoms with Crippen LogP contribution in [-0.2, 0) is 4.79 Å². The maximum Gasteiger partial charge on any atom is 0.232 e. The molecule has 28 heavy (non-hydrogen) atoms. The summed E-state index contributed by atoms with van der Waals surface area (Å²) in [6, 6.07) is 7.21. The fourth-order valence-corrected chi connectivity index (χ4v) is 3.17. The SMILES string of the molecule is CN(C)C(=O)CSc1nc(N)c(C#N)c(-c2ccc(OCCO)cn2)c1C#N. The van der Waals surface area contributed by atoms with Crippen LogP contribution in [0.25, 0.3) is 11.3 Å². The highest BCUT2D eigenvalue weighted by atomic mass is 32.2. The second-order valence-electron chi connectivity index (χ2n) is 5.68. The number of hydrogen-bond donors (Lipinski definition) is 2. The van der Waals surface area contributed by atoms with Gasteiger partial charge in [0.25, 0.3) is 0 Å². The summed E-state index contributed by atoms with van der Waals surface area (Å²) in [5.74, 6) is 0.311. The van der Waals surface area contributed by atoms with E-state index in [4.69, 9.17) is 15.6 Å². The number of rotatable bonds is 7. The minimum atomic E-state index is -0.149. The molecule has 9 nitrogen and oxygen atoms in total. The van der Waals surface area contributed by atoms with E-state index in [1.165, 1.54) is 11.1 Å².